The minimum atomic E-state index is -0.0783. The highest BCUT2D eigenvalue weighted by atomic mass is 32.1. The number of anilines is 3. The molecule has 0 fully saturated rings. The second-order valence-electron chi connectivity index (χ2n) is 8.01. The highest BCUT2D eigenvalue weighted by Gasteiger charge is 2.29. The summed E-state index contributed by atoms with van der Waals surface area (Å²) < 4.78 is 1.68. The number of aromatic amines is 1. The van der Waals surface area contributed by atoms with Crippen LogP contribution in [0.4, 0.5) is 17.3 Å². The van der Waals surface area contributed by atoms with Gasteiger partial charge in [0.2, 0.25) is 5.91 Å². The summed E-state index contributed by atoms with van der Waals surface area (Å²) in [7, 11) is 1.83. The molecule has 9 nitrogen and oxygen atoms in total. The monoisotopic (exact) mass is 444 g/mol. The van der Waals surface area contributed by atoms with Gasteiger partial charge in [0, 0.05) is 41.2 Å². The molecular formula is C22H20N8OS. The van der Waals surface area contributed by atoms with Crippen LogP contribution in [0.3, 0.4) is 0 Å². The molecule has 0 saturated heterocycles. The standard InChI is InChI=1S/C22H20N8OS/c1-30-7-6-18(29-30)27-21(31)12-2-4-15-17(9-12)32-22-19(15)20(23-11-24-22)26-14-3-5-16-13(8-14)10-25-28-16/h3,5-8,10-12H,2,4,9H2,1H3,(H,25,28)(H,23,24,26)(H,27,29,31). The van der Waals surface area contributed by atoms with E-state index in [9.17, 15) is 4.79 Å². The predicted octanol–water partition coefficient (Wildman–Crippen LogP) is 3.79. The molecule has 3 N–H and O–H groups in total. The molecule has 6 rings (SSSR count). The molecule has 1 atom stereocenters. The number of fused-ring (bicyclic) bond motifs is 4. The van der Waals surface area contributed by atoms with Crippen molar-refractivity contribution in [2.75, 3.05) is 10.6 Å². The molecule has 1 aromatic carbocycles. The molecule has 4 aromatic heterocycles. The number of aromatic nitrogens is 6. The highest BCUT2D eigenvalue weighted by molar-refractivity contribution is 7.19. The van der Waals surface area contributed by atoms with Crippen molar-refractivity contribution in [3.8, 4) is 0 Å². The smallest absolute Gasteiger partial charge is 0.229 e. The van der Waals surface area contributed by atoms with E-state index in [-0.39, 0.29) is 11.8 Å². The SMILES string of the molecule is Cn1ccc(NC(=O)C2CCc3c(sc4ncnc(Nc5ccc6[nH]ncc6c5)c34)C2)n1. The third-order valence-corrected chi connectivity index (χ3v) is 7.05. The summed E-state index contributed by atoms with van der Waals surface area (Å²) in [4.78, 5) is 24.0. The highest BCUT2D eigenvalue weighted by Crippen LogP contribution is 2.40. The van der Waals surface area contributed by atoms with Crippen molar-refractivity contribution in [1.29, 1.82) is 0 Å². The number of nitrogens with one attached hydrogen (secondary N) is 3. The molecule has 32 heavy (non-hydrogen) atoms. The van der Waals surface area contributed by atoms with Crippen LogP contribution in [0.25, 0.3) is 21.1 Å². The largest absolute Gasteiger partial charge is 0.340 e. The Morgan fingerprint density at radius 1 is 1.28 bits per heavy atom. The van der Waals surface area contributed by atoms with Gasteiger partial charge in [0.15, 0.2) is 5.82 Å². The van der Waals surface area contributed by atoms with E-state index in [4.69, 9.17) is 0 Å². The van der Waals surface area contributed by atoms with E-state index >= 15 is 0 Å². The van der Waals surface area contributed by atoms with Crippen LogP contribution in [-0.4, -0.2) is 35.9 Å². The average Bonchev–Trinajstić information content (AvgIpc) is 3.51. The molecule has 1 aliphatic rings. The van der Waals surface area contributed by atoms with Crippen molar-refractivity contribution < 1.29 is 4.79 Å². The lowest BCUT2D eigenvalue weighted by Crippen LogP contribution is -2.27. The number of nitrogens with zero attached hydrogens (tertiary/aromatic N) is 5. The molecule has 160 valence electrons. The first kappa shape index (κ1) is 18.9. The van der Waals surface area contributed by atoms with Crippen molar-refractivity contribution in [3.63, 3.8) is 0 Å². The van der Waals surface area contributed by atoms with Gasteiger partial charge in [-0.25, -0.2) is 9.97 Å². The van der Waals surface area contributed by atoms with Crippen molar-refractivity contribution in [3.05, 3.63) is 53.4 Å². The fourth-order valence-electron chi connectivity index (χ4n) is 4.30. The van der Waals surface area contributed by atoms with E-state index in [0.29, 0.717) is 12.2 Å². The number of hydrogen-bond donors (Lipinski definition) is 3. The van der Waals surface area contributed by atoms with Crippen LogP contribution in [0.2, 0.25) is 0 Å². The third kappa shape index (κ3) is 3.28. The van der Waals surface area contributed by atoms with Crippen LogP contribution >= 0.6 is 11.3 Å². The number of amides is 1. The molecule has 4 heterocycles. The first-order chi connectivity index (χ1) is 15.6. The predicted molar refractivity (Wildman–Crippen MR) is 124 cm³/mol. The lowest BCUT2D eigenvalue weighted by Gasteiger charge is -2.21. The first-order valence-corrected chi connectivity index (χ1v) is 11.2. The Morgan fingerprint density at radius 2 is 2.22 bits per heavy atom. The second-order valence-corrected chi connectivity index (χ2v) is 9.09. The van der Waals surface area contributed by atoms with Gasteiger partial charge in [-0.3, -0.25) is 14.6 Å². The number of rotatable bonds is 4. The topological polar surface area (TPSA) is 113 Å². The zero-order valence-electron chi connectivity index (χ0n) is 17.3. The molecule has 1 aliphatic carbocycles. The van der Waals surface area contributed by atoms with Crippen molar-refractivity contribution in [2.45, 2.75) is 19.3 Å². The number of carbonyl (C=O) groups is 1. The molecule has 0 aliphatic heterocycles. The molecule has 1 unspecified atom stereocenters. The second kappa shape index (κ2) is 7.41. The van der Waals surface area contributed by atoms with Crippen LogP contribution in [-0.2, 0) is 24.7 Å². The van der Waals surface area contributed by atoms with Crippen molar-refractivity contribution >= 4 is 55.7 Å². The lowest BCUT2D eigenvalue weighted by molar-refractivity contribution is -0.120. The maximum absolute atomic E-state index is 12.8. The molecule has 5 aromatic rings. The van der Waals surface area contributed by atoms with Crippen molar-refractivity contribution in [2.24, 2.45) is 13.0 Å². The minimum Gasteiger partial charge on any atom is -0.340 e. The Balaban J connectivity index is 1.28. The zero-order chi connectivity index (χ0) is 21.7. The lowest BCUT2D eigenvalue weighted by atomic mass is 9.87. The Bertz CT molecular complexity index is 1470. The fraction of sp³-hybridized carbons (Fsp3) is 0.227. The Hall–Kier alpha value is -3.79. The van der Waals surface area contributed by atoms with Crippen LogP contribution in [0, 0.1) is 5.92 Å². The quantitative estimate of drug-likeness (QED) is 0.389. The zero-order valence-corrected chi connectivity index (χ0v) is 18.1. The normalized spacial score (nSPS) is 15.7. The Kier molecular flexibility index (Phi) is 4.39. The van der Waals surface area contributed by atoms with Gasteiger partial charge in [0.1, 0.15) is 17.0 Å². The summed E-state index contributed by atoms with van der Waals surface area (Å²) in [5, 5.41) is 19.8. The summed E-state index contributed by atoms with van der Waals surface area (Å²) in [6, 6.07) is 7.85. The molecule has 0 bridgehead atoms. The summed E-state index contributed by atoms with van der Waals surface area (Å²) in [6.07, 6.45) is 7.52. The van der Waals surface area contributed by atoms with Crippen LogP contribution in [0.15, 0.2) is 43.0 Å². The maximum Gasteiger partial charge on any atom is 0.229 e. The van der Waals surface area contributed by atoms with E-state index in [2.05, 4.69) is 35.9 Å². The summed E-state index contributed by atoms with van der Waals surface area (Å²) >= 11 is 1.65. The maximum atomic E-state index is 12.8. The first-order valence-electron chi connectivity index (χ1n) is 10.4. The van der Waals surface area contributed by atoms with Crippen LogP contribution in [0.5, 0.6) is 0 Å². The van der Waals surface area contributed by atoms with Gasteiger partial charge in [-0.15, -0.1) is 11.3 Å². The van der Waals surface area contributed by atoms with Crippen LogP contribution in [0.1, 0.15) is 16.9 Å². The van der Waals surface area contributed by atoms with Crippen LogP contribution < -0.4 is 10.6 Å². The van der Waals surface area contributed by atoms with Gasteiger partial charge in [-0.1, -0.05) is 0 Å². The van der Waals surface area contributed by atoms with Gasteiger partial charge < -0.3 is 10.6 Å². The Morgan fingerprint density at radius 3 is 3.09 bits per heavy atom. The van der Waals surface area contributed by atoms with Gasteiger partial charge in [-0.2, -0.15) is 10.2 Å². The van der Waals surface area contributed by atoms with Gasteiger partial charge in [-0.05, 0) is 43.0 Å². The number of hydrogen-bond acceptors (Lipinski definition) is 7. The van der Waals surface area contributed by atoms with E-state index < -0.39 is 0 Å². The van der Waals surface area contributed by atoms with Crippen molar-refractivity contribution in [1.82, 2.24) is 29.9 Å². The third-order valence-electron chi connectivity index (χ3n) is 5.88. The number of H-pyrrole nitrogens is 1. The summed E-state index contributed by atoms with van der Waals surface area (Å²) in [6.45, 7) is 0. The average molecular weight is 445 g/mol. The van der Waals surface area contributed by atoms with Gasteiger partial charge in [0.25, 0.3) is 0 Å². The molecular weight excluding hydrogens is 424 g/mol. The van der Waals surface area contributed by atoms with E-state index in [1.807, 2.05) is 31.4 Å². The summed E-state index contributed by atoms with van der Waals surface area (Å²) in [5.74, 6) is 1.33. The molecule has 1 amide bonds. The van der Waals surface area contributed by atoms with E-state index in [1.165, 1.54) is 10.4 Å². The Labute approximate surface area is 186 Å². The molecule has 0 radical (unpaired) electrons. The van der Waals surface area contributed by atoms with Gasteiger partial charge in [0.05, 0.1) is 17.1 Å². The fourth-order valence-corrected chi connectivity index (χ4v) is 5.56. The number of carbonyl (C=O) groups excluding carboxylic acids is 1. The molecule has 0 saturated carbocycles. The number of aryl methyl sites for hydroxylation is 2. The van der Waals surface area contributed by atoms with E-state index in [1.54, 1.807) is 34.6 Å². The minimum absolute atomic E-state index is 0.0182. The summed E-state index contributed by atoms with van der Waals surface area (Å²) in [5.41, 5.74) is 3.19. The molecule has 0 spiro atoms. The number of benzene rings is 1. The van der Waals surface area contributed by atoms with E-state index in [0.717, 1.165) is 45.5 Å². The molecule has 10 heteroatoms. The van der Waals surface area contributed by atoms with Gasteiger partial charge >= 0.3 is 0 Å². The number of thiophene rings is 1.